The van der Waals surface area contributed by atoms with Crippen molar-refractivity contribution in [3.05, 3.63) is 53.3 Å². The molecule has 4 aliphatic heterocycles. The summed E-state index contributed by atoms with van der Waals surface area (Å²) in [7, 11) is 0. The number of rotatable bonds is 4. The number of nitrogens with one attached hydrogen (secondary N) is 2. The Labute approximate surface area is 192 Å². The molecule has 4 amide bonds. The van der Waals surface area contributed by atoms with Gasteiger partial charge in [0.15, 0.2) is 11.5 Å². The average molecular weight is 466 g/mol. The monoisotopic (exact) mass is 466 g/mol. The first-order valence-electron chi connectivity index (χ1n) is 10.7. The van der Waals surface area contributed by atoms with E-state index in [4.69, 9.17) is 15.2 Å². The molecule has 0 aliphatic carbocycles. The van der Waals surface area contributed by atoms with Gasteiger partial charge in [-0.05, 0) is 35.9 Å². The third-order valence-corrected chi connectivity index (χ3v) is 6.97. The van der Waals surface area contributed by atoms with Gasteiger partial charge in [-0.3, -0.25) is 29.4 Å². The van der Waals surface area contributed by atoms with E-state index in [1.807, 2.05) is 0 Å². The Morgan fingerprint density at radius 2 is 1.91 bits per heavy atom. The largest absolute Gasteiger partial charge is 0.454 e. The van der Waals surface area contributed by atoms with Gasteiger partial charge in [0.1, 0.15) is 11.4 Å². The van der Waals surface area contributed by atoms with Crippen molar-refractivity contribution in [2.45, 2.75) is 24.5 Å². The number of anilines is 1. The molecular formula is C23H19FN4O6. The number of hydrogen-bond donors (Lipinski definition) is 3. The number of hydrogen-bond acceptors (Lipinski definition) is 7. The Balaban J connectivity index is 1.42. The quantitative estimate of drug-likeness (QED) is 0.553. The maximum atomic E-state index is 14.2. The van der Waals surface area contributed by atoms with Crippen molar-refractivity contribution < 1.29 is 33.0 Å². The topological polar surface area (TPSA) is 140 Å². The first-order valence-corrected chi connectivity index (χ1v) is 10.7. The van der Waals surface area contributed by atoms with Gasteiger partial charge in [-0.15, -0.1) is 0 Å². The molecule has 0 saturated carbocycles. The second-order valence-corrected chi connectivity index (χ2v) is 8.83. The maximum Gasteiger partial charge on any atom is 0.250 e. The predicted molar refractivity (Wildman–Crippen MR) is 113 cm³/mol. The summed E-state index contributed by atoms with van der Waals surface area (Å²) in [5.74, 6) is -4.11. The van der Waals surface area contributed by atoms with Gasteiger partial charge >= 0.3 is 0 Å². The van der Waals surface area contributed by atoms with E-state index in [1.165, 1.54) is 18.2 Å². The van der Waals surface area contributed by atoms with Gasteiger partial charge in [0, 0.05) is 23.7 Å². The molecule has 4 aliphatic rings. The Morgan fingerprint density at radius 3 is 2.71 bits per heavy atom. The van der Waals surface area contributed by atoms with Crippen LogP contribution in [0.2, 0.25) is 0 Å². The predicted octanol–water partition coefficient (Wildman–Crippen LogP) is 0.350. The molecule has 0 unspecified atom stereocenters. The van der Waals surface area contributed by atoms with E-state index < -0.39 is 52.9 Å². The zero-order valence-corrected chi connectivity index (χ0v) is 17.7. The Kier molecular flexibility index (Phi) is 4.24. The average Bonchev–Trinajstić information content (AvgIpc) is 3.51. The molecular weight excluding hydrogens is 447 g/mol. The first-order chi connectivity index (χ1) is 16.3. The summed E-state index contributed by atoms with van der Waals surface area (Å²) in [4.78, 5) is 53.3. The lowest BCUT2D eigenvalue weighted by Crippen LogP contribution is -2.53. The lowest BCUT2D eigenvalue weighted by molar-refractivity contribution is -0.143. The van der Waals surface area contributed by atoms with Crippen molar-refractivity contribution in [2.24, 2.45) is 17.6 Å². The summed E-state index contributed by atoms with van der Waals surface area (Å²) in [5.41, 5.74) is 4.91. The molecule has 0 bridgehead atoms. The normalized spacial score (nSPS) is 28.4. The third kappa shape index (κ3) is 2.70. The maximum absolute atomic E-state index is 14.2. The fourth-order valence-electron chi connectivity index (χ4n) is 5.60. The van der Waals surface area contributed by atoms with Gasteiger partial charge in [0.25, 0.3) is 0 Å². The Hall–Kier alpha value is -3.99. The van der Waals surface area contributed by atoms with Crippen molar-refractivity contribution in [2.75, 3.05) is 12.1 Å². The summed E-state index contributed by atoms with van der Waals surface area (Å²) in [6.45, 7) is 0.0247. The van der Waals surface area contributed by atoms with Gasteiger partial charge in [-0.1, -0.05) is 6.07 Å². The number of primary amides is 1. The van der Waals surface area contributed by atoms with Crippen LogP contribution in [0.25, 0.3) is 0 Å². The summed E-state index contributed by atoms with van der Waals surface area (Å²) in [6.07, 6.45) is -0.266. The number of carbonyl (C=O) groups excluding carboxylic acids is 4. The second-order valence-electron chi connectivity index (χ2n) is 8.83. The number of carbonyl (C=O) groups is 4. The van der Waals surface area contributed by atoms with Crippen LogP contribution in [0.3, 0.4) is 0 Å². The summed E-state index contributed by atoms with van der Waals surface area (Å²) < 4.78 is 24.9. The van der Waals surface area contributed by atoms with Crippen molar-refractivity contribution in [1.82, 2.24) is 10.2 Å². The molecule has 174 valence electrons. The van der Waals surface area contributed by atoms with Crippen molar-refractivity contribution in [3.63, 3.8) is 0 Å². The zero-order chi connectivity index (χ0) is 23.8. The van der Waals surface area contributed by atoms with E-state index in [0.717, 1.165) is 4.90 Å². The highest BCUT2D eigenvalue weighted by atomic mass is 19.1. The third-order valence-electron chi connectivity index (χ3n) is 6.97. The minimum absolute atomic E-state index is 0.0572. The van der Waals surface area contributed by atoms with Gasteiger partial charge in [0.2, 0.25) is 30.4 Å². The highest BCUT2D eigenvalue weighted by Crippen LogP contribution is 2.53. The van der Waals surface area contributed by atoms with Gasteiger partial charge in [-0.2, -0.15) is 0 Å². The molecule has 2 aromatic rings. The van der Waals surface area contributed by atoms with E-state index in [-0.39, 0.29) is 25.3 Å². The molecule has 11 heteroatoms. The number of nitrogens with two attached hydrogens (primary N) is 1. The van der Waals surface area contributed by atoms with E-state index in [0.29, 0.717) is 22.7 Å². The second kappa shape index (κ2) is 7.00. The van der Waals surface area contributed by atoms with Crippen LogP contribution >= 0.6 is 0 Å². The number of likely N-dealkylation sites (tertiary alicyclic amines) is 1. The lowest BCUT2D eigenvalue weighted by atomic mass is 9.76. The number of ether oxygens (including phenoxy) is 2. The molecule has 0 radical (unpaired) electrons. The first kappa shape index (κ1) is 20.6. The van der Waals surface area contributed by atoms with Crippen LogP contribution in [0.1, 0.15) is 17.5 Å². The van der Waals surface area contributed by atoms with E-state index >= 15 is 0 Å². The Morgan fingerprint density at radius 1 is 1.12 bits per heavy atom. The fourth-order valence-corrected chi connectivity index (χ4v) is 5.60. The van der Waals surface area contributed by atoms with Crippen molar-refractivity contribution >= 4 is 29.3 Å². The molecule has 2 saturated heterocycles. The standard InChI is InChI=1S/C23H19FN4O6/c24-11-2-3-13-12(6-11)23(22(32)26-13)19-18(14(27-23)7-17(25)29)20(30)28(21(19)31)8-10-1-4-15-16(5-10)34-9-33-15/h1-6,14,18-19,27H,7-9H2,(H2,25,29)(H,26,32)/t14-,18+,19-,23-/m0/s1. The minimum Gasteiger partial charge on any atom is -0.454 e. The number of amides is 4. The summed E-state index contributed by atoms with van der Waals surface area (Å²) >= 11 is 0. The van der Waals surface area contributed by atoms with E-state index in [9.17, 15) is 23.6 Å². The summed E-state index contributed by atoms with van der Waals surface area (Å²) in [6, 6.07) is 7.97. The molecule has 4 heterocycles. The molecule has 2 fully saturated rings. The zero-order valence-electron chi connectivity index (χ0n) is 17.7. The molecule has 34 heavy (non-hydrogen) atoms. The van der Waals surface area contributed by atoms with Crippen LogP contribution in [0.5, 0.6) is 11.5 Å². The molecule has 0 aromatic heterocycles. The highest BCUT2D eigenvalue weighted by molar-refractivity contribution is 6.15. The van der Waals surface area contributed by atoms with Gasteiger partial charge in [-0.25, -0.2) is 4.39 Å². The van der Waals surface area contributed by atoms with Crippen molar-refractivity contribution in [1.29, 1.82) is 0 Å². The highest BCUT2D eigenvalue weighted by Gasteiger charge is 2.70. The van der Waals surface area contributed by atoms with Crippen LogP contribution in [-0.2, 0) is 31.3 Å². The molecule has 4 N–H and O–H groups in total. The smallest absolute Gasteiger partial charge is 0.250 e. The van der Waals surface area contributed by atoms with Crippen LogP contribution in [0.4, 0.5) is 10.1 Å². The minimum atomic E-state index is -1.70. The van der Waals surface area contributed by atoms with Crippen LogP contribution in [-0.4, -0.2) is 41.4 Å². The van der Waals surface area contributed by atoms with Gasteiger partial charge < -0.3 is 20.5 Å². The number of fused-ring (bicyclic) bond motifs is 5. The summed E-state index contributed by atoms with van der Waals surface area (Å²) in [5, 5.41) is 5.70. The molecule has 2 aromatic carbocycles. The van der Waals surface area contributed by atoms with Crippen molar-refractivity contribution in [3.8, 4) is 11.5 Å². The number of nitrogens with zero attached hydrogens (tertiary/aromatic N) is 1. The molecule has 4 atom stereocenters. The SMILES string of the molecule is NC(=O)C[C@@H]1N[C@]2(C(=O)Nc3ccc(F)cc32)[C@@H]2C(=O)N(Cc3ccc4c(c3)OCO4)C(=O)[C@H]12. The lowest BCUT2D eigenvalue weighted by Gasteiger charge is -2.29. The van der Waals surface area contributed by atoms with E-state index in [1.54, 1.807) is 18.2 Å². The molecule has 6 rings (SSSR count). The number of imide groups is 1. The van der Waals surface area contributed by atoms with Crippen LogP contribution in [0.15, 0.2) is 36.4 Å². The van der Waals surface area contributed by atoms with E-state index in [2.05, 4.69) is 10.6 Å². The Bertz CT molecular complexity index is 1300. The van der Waals surface area contributed by atoms with Crippen LogP contribution < -0.4 is 25.8 Å². The molecule has 1 spiro atoms. The van der Waals surface area contributed by atoms with Crippen LogP contribution in [0, 0.1) is 17.7 Å². The fraction of sp³-hybridized carbons (Fsp3) is 0.304. The molecule has 10 nitrogen and oxygen atoms in total. The number of benzene rings is 2. The number of halogens is 1. The van der Waals surface area contributed by atoms with Gasteiger partial charge in [0.05, 0.1) is 18.4 Å².